The maximum atomic E-state index is 10.8. The van der Waals surface area contributed by atoms with Crippen LogP contribution in [0, 0.1) is 6.92 Å². The Morgan fingerprint density at radius 1 is 1.21 bits per heavy atom. The molecule has 1 aromatic carbocycles. The molecule has 0 bridgehead atoms. The second-order valence-corrected chi connectivity index (χ2v) is 3.99. The summed E-state index contributed by atoms with van der Waals surface area (Å²) >= 11 is 0. The monoisotopic (exact) mass is 262 g/mol. The SMILES string of the molecule is COc1cc(OC)c(-c2cc(C(=O)O)[nH]n2)cc1C. The van der Waals surface area contributed by atoms with E-state index in [1.807, 2.05) is 13.0 Å². The Hall–Kier alpha value is -2.50. The van der Waals surface area contributed by atoms with E-state index in [-0.39, 0.29) is 5.69 Å². The molecule has 2 rings (SSSR count). The van der Waals surface area contributed by atoms with Crippen LogP contribution in [-0.4, -0.2) is 35.5 Å². The number of H-pyrrole nitrogens is 1. The smallest absolute Gasteiger partial charge is 0.353 e. The Balaban J connectivity index is 2.53. The van der Waals surface area contributed by atoms with Crippen LogP contribution >= 0.6 is 0 Å². The molecule has 6 nitrogen and oxygen atoms in total. The van der Waals surface area contributed by atoms with Crippen LogP contribution in [0.25, 0.3) is 11.3 Å². The zero-order valence-electron chi connectivity index (χ0n) is 10.9. The van der Waals surface area contributed by atoms with Crippen molar-refractivity contribution < 1.29 is 19.4 Å². The lowest BCUT2D eigenvalue weighted by atomic mass is 10.1. The van der Waals surface area contributed by atoms with Crippen LogP contribution in [0.3, 0.4) is 0 Å². The molecule has 6 heteroatoms. The van der Waals surface area contributed by atoms with Gasteiger partial charge in [0.05, 0.1) is 19.9 Å². The van der Waals surface area contributed by atoms with Crippen LogP contribution in [-0.2, 0) is 0 Å². The van der Waals surface area contributed by atoms with Crippen LogP contribution in [0.1, 0.15) is 16.1 Å². The Kier molecular flexibility index (Phi) is 3.41. The van der Waals surface area contributed by atoms with Crippen LogP contribution in [0.15, 0.2) is 18.2 Å². The zero-order chi connectivity index (χ0) is 14.0. The number of rotatable bonds is 4. The highest BCUT2D eigenvalue weighted by molar-refractivity contribution is 5.87. The lowest BCUT2D eigenvalue weighted by molar-refractivity contribution is 0.0690. The molecule has 100 valence electrons. The van der Waals surface area contributed by atoms with Crippen LogP contribution < -0.4 is 9.47 Å². The molecule has 0 radical (unpaired) electrons. The topological polar surface area (TPSA) is 84.4 Å². The molecule has 1 heterocycles. The Morgan fingerprint density at radius 2 is 1.89 bits per heavy atom. The van der Waals surface area contributed by atoms with E-state index < -0.39 is 5.97 Å². The predicted molar refractivity (Wildman–Crippen MR) is 68.8 cm³/mol. The normalized spacial score (nSPS) is 10.3. The molecule has 0 aliphatic carbocycles. The van der Waals surface area contributed by atoms with Gasteiger partial charge in [-0.05, 0) is 24.6 Å². The summed E-state index contributed by atoms with van der Waals surface area (Å²) in [5.41, 5.74) is 2.17. The number of methoxy groups -OCH3 is 2. The number of carbonyl (C=O) groups is 1. The number of carboxylic acids is 1. The summed E-state index contributed by atoms with van der Waals surface area (Å²) in [7, 11) is 3.12. The van der Waals surface area contributed by atoms with Gasteiger partial charge in [-0.1, -0.05) is 0 Å². The molecule has 2 aromatic rings. The van der Waals surface area contributed by atoms with Gasteiger partial charge in [-0.25, -0.2) is 4.79 Å². The molecule has 19 heavy (non-hydrogen) atoms. The first-order chi connectivity index (χ1) is 9.06. The zero-order valence-corrected chi connectivity index (χ0v) is 10.9. The van der Waals surface area contributed by atoms with Gasteiger partial charge in [0.1, 0.15) is 17.2 Å². The Bertz CT molecular complexity index is 619. The minimum absolute atomic E-state index is 0.0329. The number of nitrogens with one attached hydrogen (secondary N) is 1. The number of hydrogen-bond acceptors (Lipinski definition) is 4. The van der Waals surface area contributed by atoms with Crippen LogP contribution in [0.5, 0.6) is 11.5 Å². The summed E-state index contributed by atoms with van der Waals surface area (Å²) in [6.07, 6.45) is 0. The number of aromatic nitrogens is 2. The van der Waals surface area contributed by atoms with Gasteiger partial charge in [-0.2, -0.15) is 5.10 Å². The predicted octanol–water partition coefficient (Wildman–Crippen LogP) is 2.10. The van der Waals surface area contributed by atoms with Crippen LogP contribution in [0.4, 0.5) is 0 Å². The minimum atomic E-state index is -1.05. The fourth-order valence-corrected chi connectivity index (χ4v) is 1.83. The number of aryl methyl sites for hydroxylation is 1. The van der Waals surface area contributed by atoms with E-state index in [1.165, 1.54) is 6.07 Å². The molecular weight excluding hydrogens is 248 g/mol. The van der Waals surface area contributed by atoms with Crippen LogP contribution in [0.2, 0.25) is 0 Å². The standard InChI is InChI=1S/C13H14N2O4/c1-7-4-8(12(19-3)6-11(7)18-2)9-5-10(13(16)17)15-14-9/h4-6H,1-3H3,(H,14,15)(H,16,17). The highest BCUT2D eigenvalue weighted by Crippen LogP contribution is 2.35. The quantitative estimate of drug-likeness (QED) is 0.881. The molecule has 1 aromatic heterocycles. The van der Waals surface area contributed by atoms with Crippen molar-refractivity contribution in [3.8, 4) is 22.8 Å². The van der Waals surface area contributed by atoms with Crippen molar-refractivity contribution in [1.29, 1.82) is 0 Å². The van der Waals surface area contributed by atoms with Gasteiger partial charge in [0, 0.05) is 11.6 Å². The summed E-state index contributed by atoms with van der Waals surface area (Å²) in [6, 6.07) is 5.06. The molecular formula is C13H14N2O4. The van der Waals surface area contributed by atoms with Crippen molar-refractivity contribution in [3.63, 3.8) is 0 Å². The number of aromatic carboxylic acids is 1. The molecule has 0 fully saturated rings. The fraction of sp³-hybridized carbons (Fsp3) is 0.231. The van der Waals surface area contributed by atoms with E-state index >= 15 is 0 Å². The lowest BCUT2D eigenvalue weighted by Crippen LogP contribution is -1.95. The molecule has 0 aliphatic heterocycles. The molecule has 0 atom stereocenters. The third-order valence-electron chi connectivity index (χ3n) is 2.80. The molecule has 0 saturated heterocycles. The first-order valence-electron chi connectivity index (χ1n) is 5.58. The summed E-state index contributed by atoms with van der Waals surface area (Å²) in [5, 5.41) is 15.3. The molecule has 0 unspecified atom stereocenters. The third-order valence-corrected chi connectivity index (χ3v) is 2.80. The second-order valence-electron chi connectivity index (χ2n) is 3.99. The molecule has 0 aliphatic rings. The van der Waals surface area contributed by atoms with Gasteiger partial charge < -0.3 is 14.6 Å². The Morgan fingerprint density at radius 3 is 2.42 bits per heavy atom. The molecule has 2 N–H and O–H groups in total. The summed E-state index contributed by atoms with van der Waals surface area (Å²) in [6.45, 7) is 1.90. The van der Waals surface area contributed by atoms with Gasteiger partial charge in [0.2, 0.25) is 0 Å². The average Bonchev–Trinajstić information content (AvgIpc) is 2.88. The van der Waals surface area contributed by atoms with Crippen molar-refractivity contribution in [3.05, 3.63) is 29.5 Å². The number of ether oxygens (including phenoxy) is 2. The largest absolute Gasteiger partial charge is 0.496 e. The van der Waals surface area contributed by atoms with E-state index in [1.54, 1.807) is 20.3 Å². The van der Waals surface area contributed by atoms with E-state index in [0.717, 1.165) is 5.56 Å². The van der Waals surface area contributed by atoms with Gasteiger partial charge in [0.25, 0.3) is 0 Å². The maximum Gasteiger partial charge on any atom is 0.353 e. The van der Waals surface area contributed by atoms with Gasteiger partial charge >= 0.3 is 5.97 Å². The number of hydrogen-bond donors (Lipinski definition) is 2. The van der Waals surface area contributed by atoms with E-state index in [0.29, 0.717) is 22.8 Å². The number of carboxylic acid groups (broad SMARTS) is 1. The van der Waals surface area contributed by atoms with Crippen molar-refractivity contribution in [1.82, 2.24) is 10.2 Å². The second kappa shape index (κ2) is 5.01. The average molecular weight is 262 g/mol. The highest BCUT2D eigenvalue weighted by Gasteiger charge is 2.15. The van der Waals surface area contributed by atoms with Crippen molar-refractivity contribution in [2.45, 2.75) is 6.92 Å². The molecule has 0 saturated carbocycles. The van der Waals surface area contributed by atoms with Gasteiger partial charge in [-0.15, -0.1) is 0 Å². The fourth-order valence-electron chi connectivity index (χ4n) is 1.83. The van der Waals surface area contributed by atoms with Gasteiger partial charge in [0.15, 0.2) is 0 Å². The number of nitrogens with zero attached hydrogens (tertiary/aromatic N) is 1. The van der Waals surface area contributed by atoms with E-state index in [9.17, 15) is 4.79 Å². The van der Waals surface area contributed by atoms with Gasteiger partial charge in [-0.3, -0.25) is 5.10 Å². The summed E-state index contributed by atoms with van der Waals surface area (Å²) < 4.78 is 10.5. The minimum Gasteiger partial charge on any atom is -0.496 e. The maximum absolute atomic E-state index is 10.8. The van der Waals surface area contributed by atoms with Crippen molar-refractivity contribution in [2.75, 3.05) is 14.2 Å². The summed E-state index contributed by atoms with van der Waals surface area (Å²) in [4.78, 5) is 10.8. The first-order valence-corrected chi connectivity index (χ1v) is 5.58. The summed E-state index contributed by atoms with van der Waals surface area (Å²) in [5.74, 6) is 0.225. The number of aromatic amines is 1. The Labute approximate surface area is 110 Å². The first kappa shape index (κ1) is 12.9. The highest BCUT2D eigenvalue weighted by atomic mass is 16.5. The molecule has 0 amide bonds. The van der Waals surface area contributed by atoms with Crippen molar-refractivity contribution in [2.24, 2.45) is 0 Å². The van der Waals surface area contributed by atoms with E-state index in [2.05, 4.69) is 10.2 Å². The van der Waals surface area contributed by atoms with Crippen molar-refractivity contribution >= 4 is 5.97 Å². The third kappa shape index (κ3) is 2.37. The molecule has 0 spiro atoms. The van der Waals surface area contributed by atoms with E-state index in [4.69, 9.17) is 14.6 Å². The number of benzene rings is 1. The lowest BCUT2D eigenvalue weighted by Gasteiger charge is -2.11.